The van der Waals surface area contributed by atoms with Crippen LogP contribution in [0.1, 0.15) is 21.9 Å². The van der Waals surface area contributed by atoms with Gasteiger partial charge in [0.25, 0.3) is 0 Å². The third-order valence-electron chi connectivity index (χ3n) is 2.18. The number of carboxylic acid groups (broad SMARTS) is 1. The lowest BCUT2D eigenvalue weighted by molar-refractivity contribution is -0.255. The van der Waals surface area contributed by atoms with E-state index in [-0.39, 0.29) is 5.69 Å². The van der Waals surface area contributed by atoms with Gasteiger partial charge in [0.15, 0.2) is 0 Å². The lowest BCUT2D eigenvalue weighted by Crippen LogP contribution is -2.22. The van der Waals surface area contributed by atoms with Gasteiger partial charge in [-0.05, 0) is 19.9 Å². The number of nitrogens with one attached hydrogen (secondary N) is 2. The Bertz CT molecular complexity index is 492. The summed E-state index contributed by atoms with van der Waals surface area (Å²) in [6.45, 7) is 3.68. The van der Waals surface area contributed by atoms with Crippen LogP contribution < -0.4 is 5.11 Å². The molecule has 0 amide bonds. The molecule has 78 valence electrons. The van der Waals surface area contributed by atoms with Gasteiger partial charge in [-0.1, -0.05) is 0 Å². The highest BCUT2D eigenvalue weighted by molar-refractivity contribution is 5.85. The molecule has 0 fully saturated rings. The highest BCUT2D eigenvalue weighted by Crippen LogP contribution is 2.23. The van der Waals surface area contributed by atoms with Gasteiger partial charge in [0.2, 0.25) is 0 Å². The molecule has 0 saturated heterocycles. The molecule has 2 aromatic heterocycles. The Hall–Kier alpha value is -2.11. The SMILES string of the molecule is Cc1n[nH]c(C)c1-c1cc(C(=O)[O-])[nH]n1. The minimum atomic E-state index is -1.27. The first-order chi connectivity index (χ1) is 7.09. The number of aromatic amines is 2. The number of carbonyl (C=O) groups excluding carboxylic acids is 1. The number of carbonyl (C=O) groups is 1. The fourth-order valence-electron chi connectivity index (χ4n) is 1.48. The van der Waals surface area contributed by atoms with Crippen molar-refractivity contribution in [1.82, 2.24) is 20.4 Å². The predicted octanol–water partition coefficient (Wildman–Crippen LogP) is -0.220. The minimum absolute atomic E-state index is 0.0370. The summed E-state index contributed by atoms with van der Waals surface area (Å²) >= 11 is 0. The van der Waals surface area contributed by atoms with Crippen LogP contribution in [0.25, 0.3) is 11.3 Å². The molecule has 0 bridgehead atoms. The van der Waals surface area contributed by atoms with E-state index in [9.17, 15) is 9.90 Å². The Morgan fingerprint density at radius 3 is 2.53 bits per heavy atom. The zero-order valence-electron chi connectivity index (χ0n) is 8.29. The summed E-state index contributed by atoms with van der Waals surface area (Å²) in [6.07, 6.45) is 0. The van der Waals surface area contributed by atoms with Crippen LogP contribution >= 0.6 is 0 Å². The van der Waals surface area contributed by atoms with Gasteiger partial charge in [-0.25, -0.2) is 0 Å². The number of rotatable bonds is 2. The van der Waals surface area contributed by atoms with E-state index in [1.807, 2.05) is 13.8 Å². The van der Waals surface area contributed by atoms with Gasteiger partial charge in [0.1, 0.15) is 0 Å². The Morgan fingerprint density at radius 1 is 1.33 bits per heavy atom. The zero-order chi connectivity index (χ0) is 11.0. The van der Waals surface area contributed by atoms with E-state index < -0.39 is 5.97 Å². The maximum absolute atomic E-state index is 10.5. The summed E-state index contributed by atoms with van der Waals surface area (Å²) in [5.74, 6) is -1.27. The lowest BCUT2D eigenvalue weighted by Gasteiger charge is -1.94. The second-order valence-corrected chi connectivity index (χ2v) is 3.26. The highest BCUT2D eigenvalue weighted by atomic mass is 16.4. The number of aromatic carboxylic acids is 1. The summed E-state index contributed by atoms with van der Waals surface area (Å²) in [4.78, 5) is 10.5. The van der Waals surface area contributed by atoms with Crippen molar-refractivity contribution in [2.45, 2.75) is 13.8 Å². The van der Waals surface area contributed by atoms with Crippen LogP contribution in [0.4, 0.5) is 0 Å². The maximum Gasteiger partial charge on any atom is 0.0964 e. The van der Waals surface area contributed by atoms with Gasteiger partial charge in [-0.3, -0.25) is 10.2 Å². The van der Waals surface area contributed by atoms with Crippen molar-refractivity contribution in [3.63, 3.8) is 0 Å². The quantitative estimate of drug-likeness (QED) is 0.708. The Kier molecular flexibility index (Phi) is 2.03. The largest absolute Gasteiger partial charge is 0.543 e. The molecule has 0 saturated carbocycles. The van der Waals surface area contributed by atoms with Crippen molar-refractivity contribution in [2.75, 3.05) is 0 Å². The highest BCUT2D eigenvalue weighted by Gasteiger charge is 2.12. The predicted molar refractivity (Wildman–Crippen MR) is 50.0 cm³/mol. The van der Waals surface area contributed by atoms with Crippen molar-refractivity contribution in [3.05, 3.63) is 23.1 Å². The van der Waals surface area contributed by atoms with Crippen LogP contribution in [0.3, 0.4) is 0 Å². The molecule has 0 aliphatic heterocycles. The van der Waals surface area contributed by atoms with E-state index in [4.69, 9.17) is 0 Å². The van der Waals surface area contributed by atoms with Crippen molar-refractivity contribution in [3.8, 4) is 11.3 Å². The van der Waals surface area contributed by atoms with Crippen LogP contribution in [0.15, 0.2) is 6.07 Å². The molecule has 6 heteroatoms. The molecule has 0 radical (unpaired) electrons. The molecule has 0 aromatic carbocycles. The monoisotopic (exact) mass is 205 g/mol. The van der Waals surface area contributed by atoms with Gasteiger partial charge in [-0.2, -0.15) is 10.2 Å². The Morgan fingerprint density at radius 2 is 2.07 bits per heavy atom. The second kappa shape index (κ2) is 3.23. The molecule has 0 aliphatic rings. The van der Waals surface area contributed by atoms with E-state index >= 15 is 0 Å². The third-order valence-corrected chi connectivity index (χ3v) is 2.18. The van der Waals surface area contributed by atoms with E-state index in [0.717, 1.165) is 17.0 Å². The number of hydrogen-bond donors (Lipinski definition) is 2. The molecular weight excluding hydrogens is 196 g/mol. The normalized spacial score (nSPS) is 10.5. The molecule has 2 rings (SSSR count). The average molecular weight is 205 g/mol. The molecule has 2 N–H and O–H groups in total. The second-order valence-electron chi connectivity index (χ2n) is 3.26. The minimum Gasteiger partial charge on any atom is -0.543 e. The Balaban J connectivity index is 2.50. The molecule has 2 heterocycles. The fourth-order valence-corrected chi connectivity index (χ4v) is 1.48. The first-order valence-corrected chi connectivity index (χ1v) is 4.38. The number of H-pyrrole nitrogens is 2. The van der Waals surface area contributed by atoms with Gasteiger partial charge >= 0.3 is 0 Å². The van der Waals surface area contributed by atoms with Crippen LogP contribution in [-0.2, 0) is 0 Å². The number of aryl methyl sites for hydroxylation is 2. The van der Waals surface area contributed by atoms with Crippen LogP contribution in [-0.4, -0.2) is 26.4 Å². The molecule has 6 nitrogen and oxygen atoms in total. The first kappa shape index (κ1) is 9.45. The molecular formula is C9H9N4O2-. The van der Waals surface area contributed by atoms with Crippen molar-refractivity contribution < 1.29 is 9.90 Å². The van der Waals surface area contributed by atoms with Crippen LogP contribution in [0.5, 0.6) is 0 Å². The molecule has 15 heavy (non-hydrogen) atoms. The van der Waals surface area contributed by atoms with Gasteiger partial charge in [0.05, 0.1) is 23.1 Å². The number of aromatic nitrogens is 4. The van der Waals surface area contributed by atoms with Crippen molar-refractivity contribution >= 4 is 5.97 Å². The third kappa shape index (κ3) is 1.50. The van der Waals surface area contributed by atoms with E-state index in [2.05, 4.69) is 20.4 Å². The lowest BCUT2D eigenvalue weighted by atomic mass is 10.1. The van der Waals surface area contributed by atoms with Crippen molar-refractivity contribution in [2.24, 2.45) is 0 Å². The van der Waals surface area contributed by atoms with Gasteiger partial charge in [-0.15, -0.1) is 0 Å². The van der Waals surface area contributed by atoms with Gasteiger partial charge in [0, 0.05) is 11.3 Å². The summed E-state index contributed by atoms with van der Waals surface area (Å²) in [6, 6.07) is 1.43. The van der Waals surface area contributed by atoms with Crippen LogP contribution in [0.2, 0.25) is 0 Å². The molecule has 0 spiro atoms. The summed E-state index contributed by atoms with van der Waals surface area (Å²) < 4.78 is 0. The van der Waals surface area contributed by atoms with Crippen LogP contribution in [0, 0.1) is 13.8 Å². The zero-order valence-corrected chi connectivity index (χ0v) is 8.29. The maximum atomic E-state index is 10.5. The van der Waals surface area contributed by atoms with E-state index in [1.165, 1.54) is 6.07 Å². The average Bonchev–Trinajstić information content (AvgIpc) is 2.73. The van der Waals surface area contributed by atoms with E-state index in [1.54, 1.807) is 0 Å². The summed E-state index contributed by atoms with van der Waals surface area (Å²) in [5, 5.41) is 23.6. The first-order valence-electron chi connectivity index (χ1n) is 4.38. The number of nitrogens with zero attached hydrogens (tertiary/aromatic N) is 2. The molecule has 0 unspecified atom stereocenters. The molecule has 0 atom stereocenters. The Labute approximate surface area is 85.3 Å². The topological polar surface area (TPSA) is 97.5 Å². The smallest absolute Gasteiger partial charge is 0.0964 e. The molecule has 2 aromatic rings. The van der Waals surface area contributed by atoms with Gasteiger partial charge < -0.3 is 9.90 Å². The van der Waals surface area contributed by atoms with Crippen molar-refractivity contribution in [1.29, 1.82) is 0 Å². The number of carboxylic acids is 1. The summed E-state index contributed by atoms with van der Waals surface area (Å²) in [7, 11) is 0. The molecule has 0 aliphatic carbocycles. The van der Waals surface area contributed by atoms with E-state index in [0.29, 0.717) is 5.69 Å². The fraction of sp³-hybridized carbons (Fsp3) is 0.222. The summed E-state index contributed by atoms with van der Waals surface area (Å²) in [5.41, 5.74) is 2.97. The standard InChI is InChI=1S/C9H10N4O2/c1-4-8(5(2)11-10-4)6-3-7(9(14)15)13-12-6/h3H,1-2H3,(H,10,11)(H,12,13)(H,14,15)/p-1. The number of hydrogen-bond acceptors (Lipinski definition) is 4.